The van der Waals surface area contributed by atoms with Gasteiger partial charge in [-0.25, -0.2) is 0 Å². The molecule has 0 aromatic carbocycles. The predicted octanol–water partition coefficient (Wildman–Crippen LogP) is 1.47. The highest BCUT2D eigenvalue weighted by Gasteiger charge is 2.19. The van der Waals surface area contributed by atoms with Crippen molar-refractivity contribution in [3.05, 3.63) is 0 Å². The van der Waals surface area contributed by atoms with Crippen LogP contribution in [0.1, 0.15) is 33.1 Å². The second-order valence-corrected chi connectivity index (χ2v) is 3.82. The van der Waals surface area contributed by atoms with Crippen LogP contribution in [0.25, 0.3) is 0 Å². The summed E-state index contributed by atoms with van der Waals surface area (Å²) in [5.41, 5.74) is 0. The molecule has 0 amide bonds. The van der Waals surface area contributed by atoms with Gasteiger partial charge in [0.1, 0.15) is 5.78 Å². The predicted molar refractivity (Wildman–Crippen MR) is 56.4 cm³/mol. The van der Waals surface area contributed by atoms with Crippen LogP contribution in [0.5, 0.6) is 0 Å². The molecule has 0 bridgehead atoms. The van der Waals surface area contributed by atoms with Crippen molar-refractivity contribution in [1.29, 1.82) is 0 Å². The molecule has 1 aliphatic heterocycles. The van der Waals surface area contributed by atoms with E-state index in [-0.39, 0.29) is 0 Å². The maximum absolute atomic E-state index is 11.2. The third-order valence-corrected chi connectivity index (χ3v) is 2.73. The van der Waals surface area contributed by atoms with Crippen LogP contribution in [0.3, 0.4) is 0 Å². The van der Waals surface area contributed by atoms with Gasteiger partial charge < -0.3 is 4.74 Å². The molecule has 1 saturated heterocycles. The average molecular weight is 199 g/mol. The Hall–Kier alpha value is -0.410. The van der Waals surface area contributed by atoms with Crippen LogP contribution in [0.4, 0.5) is 0 Å². The summed E-state index contributed by atoms with van der Waals surface area (Å²) in [6, 6.07) is 0. The molecule has 1 heterocycles. The van der Waals surface area contributed by atoms with Crippen molar-refractivity contribution >= 4 is 5.78 Å². The van der Waals surface area contributed by atoms with Gasteiger partial charge in [-0.1, -0.05) is 6.92 Å². The van der Waals surface area contributed by atoms with E-state index in [1.54, 1.807) is 0 Å². The zero-order chi connectivity index (χ0) is 10.4. The van der Waals surface area contributed by atoms with E-state index < -0.39 is 0 Å². The number of likely N-dealkylation sites (tertiary alicyclic amines) is 1. The highest BCUT2D eigenvalue weighted by molar-refractivity contribution is 5.80. The molecule has 0 spiro atoms. The summed E-state index contributed by atoms with van der Waals surface area (Å²) >= 11 is 0. The van der Waals surface area contributed by atoms with Gasteiger partial charge in [0.05, 0.1) is 12.6 Å². The summed E-state index contributed by atoms with van der Waals surface area (Å²) in [6.45, 7) is 7.42. The highest BCUT2D eigenvalue weighted by Crippen LogP contribution is 2.13. The maximum Gasteiger partial charge on any atom is 0.146 e. The van der Waals surface area contributed by atoms with E-state index >= 15 is 0 Å². The number of ketones is 1. The zero-order valence-electron chi connectivity index (χ0n) is 9.29. The Morgan fingerprint density at radius 3 is 2.50 bits per heavy atom. The van der Waals surface area contributed by atoms with Crippen LogP contribution in [0.2, 0.25) is 0 Å². The van der Waals surface area contributed by atoms with Crippen molar-refractivity contribution in [3.63, 3.8) is 0 Å². The van der Waals surface area contributed by atoms with E-state index in [2.05, 4.69) is 4.90 Å². The van der Waals surface area contributed by atoms with Gasteiger partial charge >= 0.3 is 0 Å². The van der Waals surface area contributed by atoms with Gasteiger partial charge in [0.2, 0.25) is 0 Å². The first-order chi connectivity index (χ1) is 6.76. The lowest BCUT2D eigenvalue weighted by atomic mass is 10.1. The molecule has 0 saturated carbocycles. The minimum Gasteiger partial charge on any atom is -0.378 e. The summed E-state index contributed by atoms with van der Waals surface area (Å²) in [7, 11) is 0. The number of carbonyl (C=O) groups is 1. The number of piperidine rings is 1. The quantitative estimate of drug-likeness (QED) is 0.671. The van der Waals surface area contributed by atoms with E-state index in [1.165, 1.54) is 0 Å². The standard InChI is InChI=1S/C11H21NO2/c1-3-10(13)9-12-7-5-11(6-8-12)14-4-2/h11H,3-9H2,1-2H3. The summed E-state index contributed by atoms with van der Waals surface area (Å²) in [4.78, 5) is 13.5. The van der Waals surface area contributed by atoms with Crippen LogP contribution in [-0.2, 0) is 9.53 Å². The molecule has 1 aliphatic rings. The maximum atomic E-state index is 11.2. The summed E-state index contributed by atoms with van der Waals surface area (Å²) in [6.07, 6.45) is 3.23. The number of hydrogen-bond acceptors (Lipinski definition) is 3. The Morgan fingerprint density at radius 1 is 1.36 bits per heavy atom. The van der Waals surface area contributed by atoms with E-state index in [0.717, 1.165) is 32.5 Å². The van der Waals surface area contributed by atoms with Crippen LogP contribution >= 0.6 is 0 Å². The van der Waals surface area contributed by atoms with Crippen molar-refractivity contribution in [2.75, 3.05) is 26.2 Å². The first kappa shape index (κ1) is 11.7. The zero-order valence-corrected chi connectivity index (χ0v) is 9.29. The lowest BCUT2D eigenvalue weighted by molar-refractivity contribution is -0.120. The fourth-order valence-electron chi connectivity index (χ4n) is 1.83. The highest BCUT2D eigenvalue weighted by atomic mass is 16.5. The van der Waals surface area contributed by atoms with Gasteiger partial charge in [-0.2, -0.15) is 0 Å². The lowest BCUT2D eigenvalue weighted by Crippen LogP contribution is -2.39. The minimum atomic E-state index is 0.347. The first-order valence-electron chi connectivity index (χ1n) is 5.62. The number of nitrogens with zero attached hydrogens (tertiary/aromatic N) is 1. The molecule has 0 aromatic heterocycles. The van der Waals surface area contributed by atoms with Crippen LogP contribution in [0, 0.1) is 0 Å². The van der Waals surface area contributed by atoms with Gasteiger partial charge in [-0.3, -0.25) is 9.69 Å². The molecular formula is C11H21NO2. The molecule has 1 fully saturated rings. The summed E-state index contributed by atoms with van der Waals surface area (Å²) in [5.74, 6) is 0.347. The van der Waals surface area contributed by atoms with Crippen LogP contribution < -0.4 is 0 Å². The first-order valence-corrected chi connectivity index (χ1v) is 5.62. The van der Waals surface area contributed by atoms with Crippen LogP contribution in [0.15, 0.2) is 0 Å². The van der Waals surface area contributed by atoms with E-state index in [0.29, 0.717) is 24.9 Å². The molecule has 82 valence electrons. The minimum absolute atomic E-state index is 0.347. The number of ether oxygens (including phenoxy) is 1. The molecule has 3 nitrogen and oxygen atoms in total. The Bertz CT molecular complexity index is 174. The third kappa shape index (κ3) is 3.76. The van der Waals surface area contributed by atoms with Gasteiger partial charge in [0.25, 0.3) is 0 Å². The monoisotopic (exact) mass is 199 g/mol. The fourth-order valence-corrected chi connectivity index (χ4v) is 1.83. The number of rotatable bonds is 5. The van der Waals surface area contributed by atoms with Crippen molar-refractivity contribution in [3.8, 4) is 0 Å². The number of hydrogen-bond donors (Lipinski definition) is 0. The molecule has 0 atom stereocenters. The van der Waals surface area contributed by atoms with Gasteiger partial charge in [-0.15, -0.1) is 0 Å². The van der Waals surface area contributed by atoms with Gasteiger partial charge in [0.15, 0.2) is 0 Å². The molecule has 14 heavy (non-hydrogen) atoms. The Kier molecular flexibility index (Phi) is 5.12. The Labute approximate surface area is 86.4 Å². The van der Waals surface area contributed by atoms with Gasteiger partial charge in [0, 0.05) is 26.1 Å². The fraction of sp³-hybridized carbons (Fsp3) is 0.909. The topological polar surface area (TPSA) is 29.5 Å². The van der Waals surface area contributed by atoms with Gasteiger partial charge in [-0.05, 0) is 19.8 Å². The number of carbonyl (C=O) groups excluding carboxylic acids is 1. The van der Waals surface area contributed by atoms with E-state index in [4.69, 9.17) is 4.74 Å². The lowest BCUT2D eigenvalue weighted by Gasteiger charge is -2.31. The molecule has 0 unspecified atom stereocenters. The van der Waals surface area contributed by atoms with E-state index in [1.807, 2.05) is 13.8 Å². The largest absolute Gasteiger partial charge is 0.378 e. The normalized spacial score (nSPS) is 19.9. The van der Waals surface area contributed by atoms with Crippen LogP contribution in [-0.4, -0.2) is 43.0 Å². The molecule has 0 aromatic rings. The molecule has 0 N–H and O–H groups in total. The molecule has 0 aliphatic carbocycles. The number of Topliss-reactive ketones (excluding diaryl/α,β-unsaturated/α-hetero) is 1. The molecule has 3 heteroatoms. The second-order valence-electron chi connectivity index (χ2n) is 3.82. The van der Waals surface area contributed by atoms with Crippen molar-refractivity contribution < 1.29 is 9.53 Å². The van der Waals surface area contributed by atoms with Crippen molar-refractivity contribution in [2.45, 2.75) is 39.2 Å². The average Bonchev–Trinajstić information content (AvgIpc) is 2.21. The smallest absolute Gasteiger partial charge is 0.146 e. The molecular weight excluding hydrogens is 178 g/mol. The van der Waals surface area contributed by atoms with E-state index in [9.17, 15) is 4.79 Å². The third-order valence-electron chi connectivity index (χ3n) is 2.73. The Morgan fingerprint density at radius 2 is 2.00 bits per heavy atom. The second kappa shape index (κ2) is 6.14. The Balaban J connectivity index is 2.18. The summed E-state index contributed by atoms with van der Waals surface area (Å²) in [5, 5.41) is 0. The summed E-state index contributed by atoms with van der Waals surface area (Å²) < 4.78 is 5.55. The molecule has 1 rings (SSSR count). The van der Waals surface area contributed by atoms with Crippen molar-refractivity contribution in [2.24, 2.45) is 0 Å². The SMILES string of the molecule is CCOC1CCN(CC(=O)CC)CC1. The van der Waals surface area contributed by atoms with Crippen molar-refractivity contribution in [1.82, 2.24) is 4.90 Å². The molecule has 0 radical (unpaired) electrons.